The number of aromatic nitrogens is 1. The van der Waals surface area contributed by atoms with Crippen molar-refractivity contribution in [1.82, 2.24) is 20.1 Å². The Kier molecular flexibility index (Phi) is 6.15. The lowest BCUT2D eigenvalue weighted by Crippen LogP contribution is -2.54. The third kappa shape index (κ3) is 4.77. The third-order valence-electron chi connectivity index (χ3n) is 4.42. The predicted octanol–water partition coefficient (Wildman–Crippen LogP) is 2.11. The summed E-state index contributed by atoms with van der Waals surface area (Å²) in [7, 11) is 2.23. The van der Waals surface area contributed by atoms with Gasteiger partial charge in [-0.05, 0) is 46.0 Å². The first-order valence-electron chi connectivity index (χ1n) is 8.20. The van der Waals surface area contributed by atoms with Gasteiger partial charge in [-0.15, -0.1) is 0 Å². The van der Waals surface area contributed by atoms with E-state index in [1.54, 1.807) is 0 Å². The molecule has 1 fully saturated rings. The molecular weight excluding hydrogens is 260 g/mol. The van der Waals surface area contributed by atoms with Gasteiger partial charge in [-0.25, -0.2) is 0 Å². The molecule has 0 spiro atoms. The van der Waals surface area contributed by atoms with Crippen LogP contribution in [0.25, 0.3) is 0 Å². The van der Waals surface area contributed by atoms with E-state index >= 15 is 0 Å². The van der Waals surface area contributed by atoms with Gasteiger partial charge in [0.1, 0.15) is 0 Å². The number of rotatable bonds is 6. The number of pyridine rings is 1. The van der Waals surface area contributed by atoms with E-state index in [4.69, 9.17) is 4.98 Å². The Bertz CT molecular complexity index is 423. The highest BCUT2D eigenvalue weighted by Crippen LogP contribution is 2.15. The summed E-state index contributed by atoms with van der Waals surface area (Å²) in [6, 6.07) is 7.62. The quantitative estimate of drug-likeness (QED) is 0.813. The van der Waals surface area contributed by atoms with Crippen LogP contribution in [0.1, 0.15) is 38.6 Å². The van der Waals surface area contributed by atoms with E-state index in [2.05, 4.69) is 61.1 Å². The summed E-state index contributed by atoms with van der Waals surface area (Å²) in [5.41, 5.74) is 2.34. The Hall–Kier alpha value is -0.970. The summed E-state index contributed by atoms with van der Waals surface area (Å²) >= 11 is 0. The summed E-state index contributed by atoms with van der Waals surface area (Å²) in [6.07, 6.45) is 1.16. The molecule has 1 N–H and O–H groups in total. The second kappa shape index (κ2) is 7.87. The average Bonchev–Trinajstić information content (AvgIpc) is 2.45. The second-order valence-electron chi connectivity index (χ2n) is 6.35. The van der Waals surface area contributed by atoms with Crippen LogP contribution >= 0.6 is 0 Å². The minimum atomic E-state index is 0.614. The number of nitrogens with zero attached hydrogens (tertiary/aromatic N) is 3. The average molecular weight is 290 g/mol. The SMILES string of the molecule is CCCNCc1cccc(CN2CC(C)N(C)C(C)C2)n1. The molecule has 0 bridgehead atoms. The lowest BCUT2D eigenvalue weighted by atomic mass is 10.1. The first kappa shape index (κ1) is 16.4. The van der Waals surface area contributed by atoms with Crippen molar-refractivity contribution in [2.24, 2.45) is 0 Å². The minimum absolute atomic E-state index is 0.614. The molecule has 0 aliphatic carbocycles. The van der Waals surface area contributed by atoms with Crippen LogP contribution in [0.3, 0.4) is 0 Å². The van der Waals surface area contributed by atoms with Gasteiger partial charge in [-0.2, -0.15) is 0 Å². The highest BCUT2D eigenvalue weighted by molar-refractivity contribution is 5.11. The van der Waals surface area contributed by atoms with Gasteiger partial charge in [-0.1, -0.05) is 13.0 Å². The fraction of sp³-hybridized carbons (Fsp3) is 0.706. The molecule has 21 heavy (non-hydrogen) atoms. The van der Waals surface area contributed by atoms with E-state index in [0.717, 1.165) is 44.8 Å². The zero-order chi connectivity index (χ0) is 15.2. The number of likely N-dealkylation sites (N-methyl/N-ethyl adjacent to an activating group) is 1. The number of piperazine rings is 1. The predicted molar refractivity (Wildman–Crippen MR) is 88.2 cm³/mol. The van der Waals surface area contributed by atoms with E-state index in [9.17, 15) is 0 Å². The van der Waals surface area contributed by atoms with Gasteiger partial charge < -0.3 is 5.32 Å². The molecule has 2 atom stereocenters. The molecule has 2 rings (SSSR count). The van der Waals surface area contributed by atoms with Gasteiger partial charge in [0.2, 0.25) is 0 Å². The molecule has 1 aliphatic rings. The van der Waals surface area contributed by atoms with Gasteiger partial charge in [0, 0.05) is 38.3 Å². The van der Waals surface area contributed by atoms with Gasteiger partial charge >= 0.3 is 0 Å². The molecular formula is C17H30N4. The fourth-order valence-electron chi connectivity index (χ4n) is 2.98. The normalized spacial score (nSPS) is 24.4. The molecule has 1 aromatic rings. The van der Waals surface area contributed by atoms with E-state index in [-0.39, 0.29) is 0 Å². The lowest BCUT2D eigenvalue weighted by Gasteiger charge is -2.42. The molecule has 2 heterocycles. The Balaban J connectivity index is 1.92. The van der Waals surface area contributed by atoms with Crippen LogP contribution in [0, 0.1) is 0 Å². The van der Waals surface area contributed by atoms with E-state index in [0.29, 0.717) is 12.1 Å². The number of nitrogens with one attached hydrogen (secondary N) is 1. The third-order valence-corrected chi connectivity index (χ3v) is 4.42. The summed E-state index contributed by atoms with van der Waals surface area (Å²) in [5, 5.41) is 3.42. The maximum Gasteiger partial charge on any atom is 0.0547 e. The van der Waals surface area contributed by atoms with E-state index in [1.165, 1.54) is 5.69 Å². The molecule has 4 nitrogen and oxygen atoms in total. The number of hydrogen-bond acceptors (Lipinski definition) is 4. The van der Waals surface area contributed by atoms with E-state index < -0.39 is 0 Å². The summed E-state index contributed by atoms with van der Waals surface area (Å²) < 4.78 is 0. The van der Waals surface area contributed by atoms with Gasteiger partial charge in [0.15, 0.2) is 0 Å². The van der Waals surface area contributed by atoms with Crippen molar-refractivity contribution >= 4 is 0 Å². The van der Waals surface area contributed by atoms with Crippen LogP contribution in [0.15, 0.2) is 18.2 Å². The molecule has 0 radical (unpaired) electrons. The summed E-state index contributed by atoms with van der Waals surface area (Å²) in [6.45, 7) is 11.9. The highest BCUT2D eigenvalue weighted by atomic mass is 15.3. The van der Waals surface area contributed by atoms with Gasteiger partial charge in [-0.3, -0.25) is 14.8 Å². The van der Waals surface area contributed by atoms with Crippen LogP contribution < -0.4 is 5.32 Å². The molecule has 0 amide bonds. The zero-order valence-corrected chi connectivity index (χ0v) is 14.0. The van der Waals surface area contributed by atoms with Crippen molar-refractivity contribution in [1.29, 1.82) is 0 Å². The number of hydrogen-bond donors (Lipinski definition) is 1. The van der Waals surface area contributed by atoms with Crippen molar-refractivity contribution in [3.63, 3.8) is 0 Å². The molecule has 0 saturated carbocycles. The van der Waals surface area contributed by atoms with Crippen LogP contribution in [-0.2, 0) is 13.1 Å². The van der Waals surface area contributed by atoms with Crippen molar-refractivity contribution in [3.8, 4) is 0 Å². The summed E-state index contributed by atoms with van der Waals surface area (Å²) in [5.74, 6) is 0. The van der Waals surface area contributed by atoms with Gasteiger partial charge in [0.05, 0.1) is 11.4 Å². The fourth-order valence-corrected chi connectivity index (χ4v) is 2.98. The Morgan fingerprint density at radius 2 is 1.86 bits per heavy atom. The van der Waals surface area contributed by atoms with Crippen molar-refractivity contribution in [2.75, 3.05) is 26.7 Å². The molecule has 1 saturated heterocycles. The van der Waals surface area contributed by atoms with Crippen molar-refractivity contribution in [2.45, 2.75) is 52.4 Å². The zero-order valence-electron chi connectivity index (χ0n) is 14.0. The second-order valence-corrected chi connectivity index (χ2v) is 6.35. The smallest absolute Gasteiger partial charge is 0.0547 e. The molecule has 4 heteroatoms. The molecule has 118 valence electrons. The summed E-state index contributed by atoms with van der Waals surface area (Å²) in [4.78, 5) is 9.79. The van der Waals surface area contributed by atoms with Gasteiger partial charge in [0.25, 0.3) is 0 Å². The molecule has 1 aliphatic heterocycles. The maximum atomic E-state index is 4.79. The Morgan fingerprint density at radius 3 is 2.52 bits per heavy atom. The van der Waals surface area contributed by atoms with Crippen LogP contribution in [0.4, 0.5) is 0 Å². The first-order chi connectivity index (χ1) is 10.1. The molecule has 1 aromatic heterocycles. The van der Waals surface area contributed by atoms with E-state index in [1.807, 2.05) is 0 Å². The monoisotopic (exact) mass is 290 g/mol. The Morgan fingerprint density at radius 1 is 1.19 bits per heavy atom. The van der Waals surface area contributed by atoms with Crippen LogP contribution in [0.5, 0.6) is 0 Å². The van der Waals surface area contributed by atoms with Crippen LogP contribution in [0.2, 0.25) is 0 Å². The Labute approximate surface area is 129 Å². The minimum Gasteiger partial charge on any atom is -0.311 e. The molecule has 0 aromatic carbocycles. The lowest BCUT2D eigenvalue weighted by molar-refractivity contribution is 0.0549. The first-order valence-corrected chi connectivity index (χ1v) is 8.20. The standard InChI is InChI=1S/C17H30N4/c1-5-9-18-10-16-7-6-8-17(19-16)13-21-11-14(2)20(4)15(3)12-21/h6-8,14-15,18H,5,9-13H2,1-4H3. The maximum absolute atomic E-state index is 4.79. The largest absolute Gasteiger partial charge is 0.311 e. The van der Waals surface area contributed by atoms with Crippen molar-refractivity contribution < 1.29 is 0 Å². The molecule has 2 unspecified atom stereocenters. The van der Waals surface area contributed by atoms with Crippen LogP contribution in [-0.4, -0.2) is 53.5 Å². The van der Waals surface area contributed by atoms with Crippen molar-refractivity contribution in [3.05, 3.63) is 29.6 Å². The topological polar surface area (TPSA) is 31.4 Å². The highest BCUT2D eigenvalue weighted by Gasteiger charge is 2.26.